The van der Waals surface area contributed by atoms with E-state index in [9.17, 15) is 5.11 Å². The predicted octanol–water partition coefficient (Wildman–Crippen LogP) is -1.10. The van der Waals surface area contributed by atoms with Crippen LogP contribution < -0.4 is 11.1 Å². The maximum atomic E-state index is 10.2. The summed E-state index contributed by atoms with van der Waals surface area (Å²) in [7, 11) is 0. The van der Waals surface area contributed by atoms with Gasteiger partial charge in [0.2, 0.25) is 0 Å². The summed E-state index contributed by atoms with van der Waals surface area (Å²) in [5.74, 6) is 0.495. The van der Waals surface area contributed by atoms with Gasteiger partial charge in [-0.3, -0.25) is 4.90 Å². The molecular formula is C13H18N8O. The molecule has 2 aliphatic rings. The summed E-state index contributed by atoms with van der Waals surface area (Å²) >= 11 is 0. The molecule has 9 nitrogen and oxygen atoms in total. The number of nitrogens with zero attached hydrogens (tertiary/aromatic N) is 6. The van der Waals surface area contributed by atoms with E-state index in [4.69, 9.17) is 5.73 Å². The molecular weight excluding hydrogens is 284 g/mol. The van der Waals surface area contributed by atoms with Crippen LogP contribution in [0, 0.1) is 0 Å². The van der Waals surface area contributed by atoms with Gasteiger partial charge in [0.05, 0.1) is 29.7 Å². The summed E-state index contributed by atoms with van der Waals surface area (Å²) < 4.78 is 1.73. The van der Waals surface area contributed by atoms with E-state index in [-0.39, 0.29) is 12.1 Å². The Labute approximate surface area is 127 Å². The standard InChI is InChI=1S/C13H18N8O/c14-13-12-9(15-7-16-13)3-8(18-12)4-20-5-10(11(22)6-20)21-2-1-17-19-21/h1-2,7-8,10-11,18,22H,3-6H2,(H2,14,15,16)/t8?,10?,11-/m0/s1. The Kier molecular flexibility index (Phi) is 3.16. The second kappa shape index (κ2) is 5.18. The number of rotatable bonds is 3. The molecule has 4 N–H and O–H groups in total. The van der Waals surface area contributed by atoms with Crippen molar-refractivity contribution < 1.29 is 5.11 Å². The number of hydrogen-bond donors (Lipinski definition) is 3. The number of nitrogen functional groups attached to an aromatic ring is 1. The van der Waals surface area contributed by atoms with E-state index >= 15 is 0 Å². The van der Waals surface area contributed by atoms with E-state index in [2.05, 4.69) is 30.5 Å². The van der Waals surface area contributed by atoms with Gasteiger partial charge < -0.3 is 16.2 Å². The molecule has 2 aromatic rings. The van der Waals surface area contributed by atoms with E-state index in [0.717, 1.165) is 30.9 Å². The highest BCUT2D eigenvalue weighted by Gasteiger charge is 2.35. The molecule has 0 spiro atoms. The lowest BCUT2D eigenvalue weighted by molar-refractivity contribution is 0.138. The van der Waals surface area contributed by atoms with Crippen molar-refractivity contribution in [3.63, 3.8) is 0 Å². The second-order valence-electron chi connectivity index (χ2n) is 5.86. The van der Waals surface area contributed by atoms with E-state index in [1.165, 1.54) is 6.33 Å². The lowest BCUT2D eigenvalue weighted by Crippen LogP contribution is -2.35. The molecule has 1 saturated heterocycles. The Morgan fingerprint density at radius 3 is 3.05 bits per heavy atom. The summed E-state index contributed by atoms with van der Waals surface area (Å²) in [4.78, 5) is 10.5. The van der Waals surface area contributed by atoms with Gasteiger partial charge in [-0.15, -0.1) is 5.10 Å². The minimum Gasteiger partial charge on any atom is -0.390 e. The van der Waals surface area contributed by atoms with E-state index in [0.29, 0.717) is 12.4 Å². The fraction of sp³-hybridized carbons (Fsp3) is 0.538. The third kappa shape index (κ3) is 2.28. The van der Waals surface area contributed by atoms with Crippen LogP contribution in [0.4, 0.5) is 11.5 Å². The van der Waals surface area contributed by atoms with Crippen LogP contribution in [0.2, 0.25) is 0 Å². The molecule has 3 atom stereocenters. The van der Waals surface area contributed by atoms with Gasteiger partial charge in [-0.2, -0.15) is 0 Å². The molecule has 2 aromatic heterocycles. The van der Waals surface area contributed by atoms with Gasteiger partial charge in [0, 0.05) is 38.3 Å². The van der Waals surface area contributed by atoms with Crippen molar-refractivity contribution in [1.82, 2.24) is 29.9 Å². The largest absolute Gasteiger partial charge is 0.390 e. The van der Waals surface area contributed by atoms with Crippen molar-refractivity contribution in [2.24, 2.45) is 0 Å². The van der Waals surface area contributed by atoms with Crippen LogP contribution in [0.1, 0.15) is 11.7 Å². The maximum Gasteiger partial charge on any atom is 0.150 e. The van der Waals surface area contributed by atoms with Gasteiger partial charge in [0.15, 0.2) is 5.82 Å². The lowest BCUT2D eigenvalue weighted by Gasteiger charge is -2.20. The fourth-order valence-electron chi connectivity index (χ4n) is 3.31. The Bertz CT molecular complexity index is 660. The number of anilines is 2. The predicted molar refractivity (Wildman–Crippen MR) is 79.1 cm³/mol. The van der Waals surface area contributed by atoms with Crippen molar-refractivity contribution in [2.75, 3.05) is 30.7 Å². The number of hydrogen-bond acceptors (Lipinski definition) is 8. The summed E-state index contributed by atoms with van der Waals surface area (Å²) in [5.41, 5.74) is 7.68. The highest BCUT2D eigenvalue weighted by Crippen LogP contribution is 2.29. The first-order chi connectivity index (χ1) is 10.7. The Morgan fingerprint density at radius 2 is 2.27 bits per heavy atom. The van der Waals surface area contributed by atoms with Crippen LogP contribution in [0.15, 0.2) is 18.7 Å². The minimum atomic E-state index is -0.435. The molecule has 1 fully saturated rings. The summed E-state index contributed by atoms with van der Waals surface area (Å²) in [6.07, 6.45) is 5.31. The summed E-state index contributed by atoms with van der Waals surface area (Å²) in [5, 5.41) is 21.4. The Hall–Kier alpha value is -2.26. The highest BCUT2D eigenvalue weighted by atomic mass is 16.3. The molecule has 4 heterocycles. The van der Waals surface area contributed by atoms with E-state index < -0.39 is 6.10 Å². The maximum absolute atomic E-state index is 10.2. The quantitative estimate of drug-likeness (QED) is 0.654. The first kappa shape index (κ1) is 13.4. The molecule has 0 amide bonds. The highest BCUT2D eigenvalue weighted by molar-refractivity contribution is 5.67. The smallest absolute Gasteiger partial charge is 0.150 e. The number of aliphatic hydroxyl groups is 1. The van der Waals surface area contributed by atoms with Crippen molar-refractivity contribution in [2.45, 2.75) is 24.6 Å². The number of aromatic nitrogens is 5. The van der Waals surface area contributed by atoms with Gasteiger partial charge in [-0.1, -0.05) is 5.21 Å². The Balaban J connectivity index is 1.41. The summed E-state index contributed by atoms with van der Waals surface area (Å²) in [6.45, 7) is 2.19. The molecule has 0 bridgehead atoms. The van der Waals surface area contributed by atoms with Crippen molar-refractivity contribution in [1.29, 1.82) is 0 Å². The second-order valence-corrected chi connectivity index (χ2v) is 5.86. The van der Waals surface area contributed by atoms with Crippen molar-refractivity contribution in [3.8, 4) is 0 Å². The van der Waals surface area contributed by atoms with Crippen LogP contribution in [0.5, 0.6) is 0 Å². The van der Waals surface area contributed by atoms with Gasteiger partial charge in [-0.05, 0) is 0 Å². The molecule has 0 radical (unpaired) electrons. The molecule has 2 unspecified atom stereocenters. The monoisotopic (exact) mass is 302 g/mol. The molecule has 9 heteroatoms. The number of nitrogens with two attached hydrogens (primary N) is 1. The topological polar surface area (TPSA) is 118 Å². The van der Waals surface area contributed by atoms with Gasteiger partial charge in [0.1, 0.15) is 6.33 Å². The number of aliphatic hydroxyl groups excluding tert-OH is 1. The first-order valence-corrected chi connectivity index (χ1v) is 7.33. The molecule has 0 aliphatic carbocycles. The number of likely N-dealkylation sites (tertiary alicyclic amines) is 1. The summed E-state index contributed by atoms with van der Waals surface area (Å²) in [6, 6.07) is 0.187. The van der Waals surface area contributed by atoms with Crippen LogP contribution in [-0.2, 0) is 6.42 Å². The van der Waals surface area contributed by atoms with Gasteiger partial charge in [0.25, 0.3) is 0 Å². The number of fused-ring (bicyclic) bond motifs is 1. The zero-order valence-electron chi connectivity index (χ0n) is 12.0. The SMILES string of the molecule is Nc1ncnc2c1NC(CN1CC(n3ccnn3)[C@@H](O)C1)C2. The molecule has 4 rings (SSSR count). The number of nitrogens with one attached hydrogen (secondary N) is 1. The van der Waals surface area contributed by atoms with Crippen LogP contribution in [0.3, 0.4) is 0 Å². The third-order valence-electron chi connectivity index (χ3n) is 4.34. The van der Waals surface area contributed by atoms with Gasteiger partial charge >= 0.3 is 0 Å². The molecule has 2 aliphatic heterocycles. The van der Waals surface area contributed by atoms with Crippen LogP contribution in [0.25, 0.3) is 0 Å². The van der Waals surface area contributed by atoms with Crippen LogP contribution in [-0.4, -0.2) is 66.7 Å². The first-order valence-electron chi connectivity index (χ1n) is 7.33. The molecule has 116 valence electrons. The number of β-amino-alcohol motifs (C(OH)–C–C–N with tert-alkyl or cyclic N) is 1. The normalized spacial score (nSPS) is 27.8. The molecule has 22 heavy (non-hydrogen) atoms. The third-order valence-corrected chi connectivity index (χ3v) is 4.34. The fourth-order valence-corrected chi connectivity index (χ4v) is 3.31. The van der Waals surface area contributed by atoms with Crippen LogP contribution >= 0.6 is 0 Å². The van der Waals surface area contributed by atoms with E-state index in [1.54, 1.807) is 17.1 Å². The molecule has 0 saturated carbocycles. The van der Waals surface area contributed by atoms with Crippen molar-refractivity contribution >= 4 is 11.5 Å². The zero-order valence-corrected chi connectivity index (χ0v) is 12.0. The lowest BCUT2D eigenvalue weighted by atomic mass is 10.2. The van der Waals surface area contributed by atoms with Gasteiger partial charge in [-0.25, -0.2) is 14.6 Å². The van der Waals surface area contributed by atoms with Crippen molar-refractivity contribution in [3.05, 3.63) is 24.4 Å². The molecule has 0 aromatic carbocycles. The minimum absolute atomic E-state index is 0.0452. The average Bonchev–Trinajstić information content (AvgIpc) is 3.19. The Morgan fingerprint density at radius 1 is 1.36 bits per heavy atom. The van der Waals surface area contributed by atoms with E-state index in [1.807, 2.05) is 0 Å². The zero-order chi connectivity index (χ0) is 15.1. The average molecular weight is 302 g/mol.